The van der Waals surface area contributed by atoms with Gasteiger partial charge in [-0.2, -0.15) is 13.1 Å². The highest BCUT2D eigenvalue weighted by molar-refractivity contribution is 7.87. The van der Waals surface area contributed by atoms with Crippen molar-refractivity contribution in [3.8, 4) is 0 Å². The van der Waals surface area contributed by atoms with Crippen LogP contribution in [0, 0.1) is 0 Å². The third-order valence-electron chi connectivity index (χ3n) is 2.36. The first-order valence-electron chi connectivity index (χ1n) is 5.79. The average Bonchev–Trinajstić information content (AvgIpc) is 2.43. The second kappa shape index (κ2) is 7.07. The minimum atomic E-state index is -3.72. The van der Waals surface area contributed by atoms with Crippen molar-refractivity contribution in [1.82, 2.24) is 9.44 Å². The number of oxime groups is 1. The second-order valence-corrected chi connectivity index (χ2v) is 5.42. The lowest BCUT2D eigenvalue weighted by Gasteiger charge is -2.18. The lowest BCUT2D eigenvalue weighted by molar-refractivity contribution is 0.315. The summed E-state index contributed by atoms with van der Waals surface area (Å²) in [6.45, 7) is 2.16. The zero-order chi connectivity index (χ0) is 14.3. The molecule has 19 heavy (non-hydrogen) atoms. The molecule has 0 spiro atoms. The van der Waals surface area contributed by atoms with Gasteiger partial charge in [0, 0.05) is 6.54 Å². The fourth-order valence-electron chi connectivity index (χ4n) is 1.44. The second-order valence-electron chi connectivity index (χ2n) is 3.88. The summed E-state index contributed by atoms with van der Waals surface area (Å²) in [6.07, 6.45) is 0.667. The first kappa shape index (κ1) is 15.4. The Kier molecular flexibility index (Phi) is 5.74. The molecule has 0 bridgehead atoms. The quantitative estimate of drug-likeness (QED) is 0.250. The van der Waals surface area contributed by atoms with Gasteiger partial charge in [0.1, 0.15) is 6.04 Å². The SMILES string of the molecule is CCCNS(=O)(=O)NC(/C(N)=N/O)c1ccccc1. The molecular formula is C11H18N4O3S. The van der Waals surface area contributed by atoms with Crippen molar-refractivity contribution in [3.05, 3.63) is 35.9 Å². The molecule has 1 rings (SSSR count). The van der Waals surface area contributed by atoms with Crippen molar-refractivity contribution in [3.63, 3.8) is 0 Å². The normalized spacial score (nSPS) is 14.3. The topological polar surface area (TPSA) is 117 Å². The van der Waals surface area contributed by atoms with Gasteiger partial charge in [-0.25, -0.2) is 4.72 Å². The summed E-state index contributed by atoms with van der Waals surface area (Å²) in [4.78, 5) is 0. The minimum absolute atomic E-state index is 0.229. The van der Waals surface area contributed by atoms with Gasteiger partial charge in [-0.3, -0.25) is 0 Å². The van der Waals surface area contributed by atoms with Crippen LogP contribution in [0.25, 0.3) is 0 Å². The van der Waals surface area contributed by atoms with Gasteiger partial charge in [0.25, 0.3) is 10.2 Å². The van der Waals surface area contributed by atoms with E-state index in [-0.39, 0.29) is 5.84 Å². The summed E-state index contributed by atoms with van der Waals surface area (Å²) < 4.78 is 28.3. The third kappa shape index (κ3) is 4.86. The van der Waals surface area contributed by atoms with Crippen LogP contribution in [0.3, 0.4) is 0 Å². The van der Waals surface area contributed by atoms with E-state index in [0.29, 0.717) is 18.5 Å². The van der Waals surface area contributed by atoms with Crippen LogP contribution in [0.5, 0.6) is 0 Å². The molecule has 7 nitrogen and oxygen atoms in total. The predicted octanol–water partition coefficient (Wildman–Crippen LogP) is 0.308. The Balaban J connectivity index is 2.95. The van der Waals surface area contributed by atoms with Crippen LogP contribution in [0.4, 0.5) is 0 Å². The number of amidine groups is 1. The fourth-order valence-corrected chi connectivity index (χ4v) is 2.56. The van der Waals surface area contributed by atoms with E-state index in [1.54, 1.807) is 30.3 Å². The molecule has 0 fully saturated rings. The van der Waals surface area contributed by atoms with Gasteiger partial charge < -0.3 is 10.9 Å². The molecule has 0 saturated carbocycles. The maximum Gasteiger partial charge on any atom is 0.277 e. The maximum absolute atomic E-state index is 11.8. The molecule has 0 saturated heterocycles. The Morgan fingerprint density at radius 1 is 1.42 bits per heavy atom. The molecular weight excluding hydrogens is 268 g/mol. The van der Waals surface area contributed by atoms with E-state index in [9.17, 15) is 8.42 Å². The van der Waals surface area contributed by atoms with Gasteiger partial charge in [-0.1, -0.05) is 42.4 Å². The molecule has 0 amide bonds. The number of nitrogens with one attached hydrogen (secondary N) is 2. The molecule has 1 aromatic rings. The first-order chi connectivity index (χ1) is 9.00. The molecule has 0 aromatic heterocycles. The van der Waals surface area contributed by atoms with Gasteiger partial charge in [0.2, 0.25) is 0 Å². The van der Waals surface area contributed by atoms with E-state index in [1.165, 1.54) is 0 Å². The first-order valence-corrected chi connectivity index (χ1v) is 7.27. The van der Waals surface area contributed by atoms with Gasteiger partial charge >= 0.3 is 0 Å². The molecule has 0 heterocycles. The van der Waals surface area contributed by atoms with Gasteiger partial charge in [-0.05, 0) is 12.0 Å². The Hall–Kier alpha value is -1.64. The molecule has 0 aliphatic rings. The van der Waals surface area contributed by atoms with Crippen LogP contribution >= 0.6 is 0 Å². The number of nitrogens with two attached hydrogens (primary N) is 1. The Morgan fingerprint density at radius 3 is 2.58 bits per heavy atom. The highest BCUT2D eigenvalue weighted by Gasteiger charge is 2.22. The molecule has 8 heteroatoms. The number of rotatable bonds is 7. The third-order valence-corrected chi connectivity index (χ3v) is 3.49. The van der Waals surface area contributed by atoms with Gasteiger partial charge in [0.15, 0.2) is 5.84 Å². The average molecular weight is 286 g/mol. The lowest BCUT2D eigenvalue weighted by Crippen LogP contribution is -2.43. The summed E-state index contributed by atoms with van der Waals surface area (Å²) in [5.41, 5.74) is 6.11. The highest BCUT2D eigenvalue weighted by atomic mass is 32.2. The zero-order valence-corrected chi connectivity index (χ0v) is 11.4. The van der Waals surface area contributed by atoms with Crippen molar-refractivity contribution < 1.29 is 13.6 Å². The van der Waals surface area contributed by atoms with E-state index in [2.05, 4.69) is 14.6 Å². The van der Waals surface area contributed by atoms with E-state index in [0.717, 1.165) is 0 Å². The summed E-state index contributed by atoms with van der Waals surface area (Å²) in [7, 11) is -3.72. The summed E-state index contributed by atoms with van der Waals surface area (Å²) in [6, 6.07) is 7.72. The van der Waals surface area contributed by atoms with E-state index in [1.807, 2.05) is 6.92 Å². The monoisotopic (exact) mass is 286 g/mol. The molecule has 106 valence electrons. The van der Waals surface area contributed by atoms with Crippen molar-refractivity contribution in [2.24, 2.45) is 10.9 Å². The summed E-state index contributed by atoms with van der Waals surface area (Å²) in [5, 5.41) is 11.6. The van der Waals surface area contributed by atoms with Crippen molar-refractivity contribution in [2.45, 2.75) is 19.4 Å². The van der Waals surface area contributed by atoms with Gasteiger partial charge in [0.05, 0.1) is 0 Å². The molecule has 0 radical (unpaired) electrons. The largest absolute Gasteiger partial charge is 0.409 e. The van der Waals surface area contributed by atoms with Crippen LogP contribution in [-0.4, -0.2) is 26.0 Å². The number of hydrogen-bond donors (Lipinski definition) is 4. The Bertz CT molecular complexity index is 516. The Labute approximate surface area is 112 Å². The summed E-state index contributed by atoms with van der Waals surface area (Å²) >= 11 is 0. The van der Waals surface area contributed by atoms with E-state index < -0.39 is 16.3 Å². The maximum atomic E-state index is 11.8. The fraction of sp³-hybridized carbons (Fsp3) is 0.364. The molecule has 0 aliphatic carbocycles. The molecule has 1 unspecified atom stereocenters. The van der Waals surface area contributed by atoms with Crippen LogP contribution < -0.4 is 15.2 Å². The Morgan fingerprint density at radius 2 is 2.05 bits per heavy atom. The van der Waals surface area contributed by atoms with E-state index in [4.69, 9.17) is 10.9 Å². The zero-order valence-electron chi connectivity index (χ0n) is 10.6. The number of hydrogen-bond acceptors (Lipinski definition) is 4. The van der Waals surface area contributed by atoms with Crippen LogP contribution in [0.2, 0.25) is 0 Å². The number of nitrogens with zero attached hydrogens (tertiary/aromatic N) is 1. The van der Waals surface area contributed by atoms with Crippen molar-refractivity contribution >= 4 is 16.0 Å². The van der Waals surface area contributed by atoms with Crippen LogP contribution in [-0.2, 0) is 10.2 Å². The molecule has 1 aromatic carbocycles. The predicted molar refractivity (Wildman–Crippen MR) is 72.9 cm³/mol. The van der Waals surface area contributed by atoms with Crippen LogP contribution in [0.1, 0.15) is 24.9 Å². The van der Waals surface area contributed by atoms with Gasteiger partial charge in [-0.15, -0.1) is 0 Å². The minimum Gasteiger partial charge on any atom is -0.409 e. The van der Waals surface area contributed by atoms with Crippen LogP contribution in [0.15, 0.2) is 35.5 Å². The van der Waals surface area contributed by atoms with Crippen molar-refractivity contribution in [1.29, 1.82) is 0 Å². The molecule has 0 aliphatic heterocycles. The number of benzene rings is 1. The lowest BCUT2D eigenvalue weighted by atomic mass is 10.1. The highest BCUT2D eigenvalue weighted by Crippen LogP contribution is 2.13. The van der Waals surface area contributed by atoms with Crippen molar-refractivity contribution in [2.75, 3.05) is 6.54 Å². The van der Waals surface area contributed by atoms with E-state index >= 15 is 0 Å². The standard InChI is InChI=1S/C11H18N4O3S/c1-2-8-13-19(17,18)15-10(11(12)14-16)9-6-4-3-5-7-9/h3-7,10,13,15-16H,2,8H2,1H3,(H2,12,14). The smallest absolute Gasteiger partial charge is 0.277 e. The molecule has 1 atom stereocenters. The molecule has 5 N–H and O–H groups in total. The summed E-state index contributed by atoms with van der Waals surface area (Å²) in [5.74, 6) is -0.229.